The van der Waals surface area contributed by atoms with Gasteiger partial charge in [0, 0.05) is 18.2 Å². The molecule has 6 nitrogen and oxygen atoms in total. The van der Waals surface area contributed by atoms with Crippen LogP contribution in [0.3, 0.4) is 0 Å². The van der Waals surface area contributed by atoms with E-state index in [0.29, 0.717) is 12.4 Å². The van der Waals surface area contributed by atoms with Crippen LogP contribution >= 0.6 is 0 Å². The predicted octanol–water partition coefficient (Wildman–Crippen LogP) is 3.51. The first-order valence-electron chi connectivity index (χ1n) is 9.46. The quantitative estimate of drug-likeness (QED) is 0.686. The van der Waals surface area contributed by atoms with Crippen LogP contribution in [0.1, 0.15) is 37.9 Å². The van der Waals surface area contributed by atoms with E-state index in [2.05, 4.69) is 10.6 Å². The Bertz CT molecular complexity index is 819. The zero-order valence-corrected chi connectivity index (χ0v) is 16.4. The molecule has 148 valence electrons. The fraction of sp³-hybridized carbons (Fsp3) is 0.318. The Morgan fingerprint density at radius 2 is 1.79 bits per heavy atom. The highest BCUT2D eigenvalue weighted by Gasteiger charge is 2.28. The number of aliphatic hydroxyl groups excluding tert-OH is 1. The van der Waals surface area contributed by atoms with Gasteiger partial charge in [0.1, 0.15) is 18.2 Å². The average molecular weight is 381 g/mol. The molecule has 1 unspecified atom stereocenters. The van der Waals surface area contributed by atoms with E-state index in [1.54, 1.807) is 6.08 Å². The van der Waals surface area contributed by atoms with Gasteiger partial charge in [0.2, 0.25) is 0 Å². The van der Waals surface area contributed by atoms with E-state index in [1.807, 2.05) is 75.4 Å². The topological polar surface area (TPSA) is 73.8 Å². The Hall–Kier alpha value is -2.99. The van der Waals surface area contributed by atoms with Crippen LogP contribution in [0.5, 0.6) is 5.75 Å². The largest absolute Gasteiger partial charge is 0.489 e. The van der Waals surface area contributed by atoms with Crippen molar-refractivity contribution >= 4 is 6.03 Å². The summed E-state index contributed by atoms with van der Waals surface area (Å²) in [6.07, 6.45) is 0.659. The third-order valence-corrected chi connectivity index (χ3v) is 4.63. The van der Waals surface area contributed by atoms with Gasteiger partial charge in [-0.05, 0) is 44.0 Å². The second kappa shape index (κ2) is 8.80. The van der Waals surface area contributed by atoms with Gasteiger partial charge >= 0.3 is 6.03 Å². The number of benzene rings is 2. The molecule has 2 aromatic rings. The minimum Gasteiger partial charge on any atom is -0.489 e. The van der Waals surface area contributed by atoms with E-state index in [-0.39, 0.29) is 18.1 Å². The molecule has 6 heteroatoms. The summed E-state index contributed by atoms with van der Waals surface area (Å²) in [6.45, 7) is 6.24. The lowest BCUT2D eigenvalue weighted by Crippen LogP contribution is -2.54. The van der Waals surface area contributed by atoms with Crippen molar-refractivity contribution in [2.24, 2.45) is 0 Å². The van der Waals surface area contributed by atoms with E-state index >= 15 is 0 Å². The molecule has 0 aliphatic carbocycles. The molecular weight excluding hydrogens is 354 g/mol. The fourth-order valence-electron chi connectivity index (χ4n) is 3.11. The van der Waals surface area contributed by atoms with Crippen LogP contribution < -0.4 is 15.4 Å². The third-order valence-electron chi connectivity index (χ3n) is 4.63. The van der Waals surface area contributed by atoms with Crippen LogP contribution in [-0.4, -0.2) is 28.3 Å². The van der Waals surface area contributed by atoms with Crippen LogP contribution in [-0.2, 0) is 6.61 Å². The lowest BCUT2D eigenvalue weighted by atomic mass is 10.1. The first-order chi connectivity index (χ1) is 13.4. The summed E-state index contributed by atoms with van der Waals surface area (Å²) in [5.41, 5.74) is 2.17. The molecule has 0 saturated heterocycles. The Balaban J connectivity index is 1.58. The molecule has 0 spiro atoms. The fourth-order valence-corrected chi connectivity index (χ4v) is 3.11. The van der Waals surface area contributed by atoms with Crippen molar-refractivity contribution in [1.82, 2.24) is 15.5 Å². The van der Waals surface area contributed by atoms with Gasteiger partial charge < -0.3 is 15.2 Å². The van der Waals surface area contributed by atoms with Gasteiger partial charge in [-0.1, -0.05) is 42.5 Å². The van der Waals surface area contributed by atoms with Crippen molar-refractivity contribution in [2.45, 2.75) is 45.7 Å². The number of amides is 2. The van der Waals surface area contributed by atoms with Crippen molar-refractivity contribution < 1.29 is 14.6 Å². The van der Waals surface area contributed by atoms with Crippen LogP contribution in [0.15, 0.2) is 66.5 Å². The second-order valence-corrected chi connectivity index (χ2v) is 7.13. The van der Waals surface area contributed by atoms with E-state index in [4.69, 9.17) is 4.74 Å². The number of hydrogen-bond donors (Lipinski definition) is 3. The summed E-state index contributed by atoms with van der Waals surface area (Å²) in [4.78, 5) is 13.5. The van der Waals surface area contributed by atoms with Crippen molar-refractivity contribution in [1.29, 1.82) is 0 Å². The van der Waals surface area contributed by atoms with Crippen LogP contribution in [0, 0.1) is 0 Å². The highest BCUT2D eigenvalue weighted by Crippen LogP contribution is 2.20. The number of nitrogens with one attached hydrogen (secondary N) is 2. The molecule has 2 amide bonds. The summed E-state index contributed by atoms with van der Waals surface area (Å²) in [5, 5.41) is 16.2. The molecule has 28 heavy (non-hydrogen) atoms. The summed E-state index contributed by atoms with van der Waals surface area (Å²) >= 11 is 0. The number of aliphatic hydroxyl groups is 1. The summed E-state index contributed by atoms with van der Waals surface area (Å²) in [7, 11) is 0. The van der Waals surface area contributed by atoms with E-state index in [1.165, 1.54) is 4.90 Å². The van der Waals surface area contributed by atoms with Crippen LogP contribution in [0.2, 0.25) is 0 Å². The Kier molecular flexibility index (Phi) is 6.21. The van der Waals surface area contributed by atoms with Crippen molar-refractivity contribution in [3.8, 4) is 5.75 Å². The van der Waals surface area contributed by atoms with Gasteiger partial charge in [0.25, 0.3) is 0 Å². The number of rotatable bonds is 7. The summed E-state index contributed by atoms with van der Waals surface area (Å²) < 4.78 is 5.81. The number of nitrogens with zero attached hydrogens (tertiary/aromatic N) is 1. The normalized spacial score (nSPS) is 17.8. The lowest BCUT2D eigenvalue weighted by molar-refractivity contribution is 0.0418. The van der Waals surface area contributed by atoms with E-state index in [9.17, 15) is 9.90 Å². The molecule has 3 N–H and O–H groups in total. The molecule has 1 aliphatic heterocycles. The van der Waals surface area contributed by atoms with Gasteiger partial charge in [-0.25, -0.2) is 4.79 Å². The van der Waals surface area contributed by atoms with Crippen LogP contribution in [0.4, 0.5) is 4.79 Å². The maximum atomic E-state index is 12.2. The molecule has 3 rings (SSSR count). The minimum atomic E-state index is -0.947. The zero-order valence-electron chi connectivity index (χ0n) is 16.4. The Morgan fingerprint density at radius 3 is 2.39 bits per heavy atom. The monoisotopic (exact) mass is 381 g/mol. The van der Waals surface area contributed by atoms with Gasteiger partial charge in [-0.15, -0.1) is 0 Å². The van der Waals surface area contributed by atoms with E-state index in [0.717, 1.165) is 16.9 Å². The number of hydrogen-bond acceptors (Lipinski definition) is 4. The smallest absolute Gasteiger partial charge is 0.325 e. The maximum absolute atomic E-state index is 12.2. The minimum absolute atomic E-state index is 0.0486. The predicted molar refractivity (Wildman–Crippen MR) is 108 cm³/mol. The van der Waals surface area contributed by atoms with Crippen LogP contribution in [0.25, 0.3) is 0 Å². The molecule has 0 aromatic heterocycles. The van der Waals surface area contributed by atoms with Gasteiger partial charge in [-0.2, -0.15) is 0 Å². The van der Waals surface area contributed by atoms with E-state index < -0.39 is 6.23 Å². The lowest BCUT2D eigenvalue weighted by Gasteiger charge is -2.35. The third kappa shape index (κ3) is 4.84. The summed E-state index contributed by atoms with van der Waals surface area (Å²) in [6, 6.07) is 17.4. The van der Waals surface area contributed by atoms with Crippen molar-refractivity contribution in [3.63, 3.8) is 0 Å². The maximum Gasteiger partial charge on any atom is 0.325 e. The number of carbonyl (C=O) groups excluding carboxylic acids is 1. The molecule has 0 fully saturated rings. The Morgan fingerprint density at radius 1 is 1.11 bits per heavy atom. The van der Waals surface area contributed by atoms with Crippen molar-refractivity contribution in [2.75, 3.05) is 0 Å². The molecule has 0 bridgehead atoms. The average Bonchev–Trinajstić information content (AvgIpc) is 2.66. The molecule has 1 heterocycles. The van der Waals surface area contributed by atoms with Gasteiger partial charge in [0.05, 0.1) is 0 Å². The molecule has 1 aliphatic rings. The first kappa shape index (κ1) is 19.8. The zero-order chi connectivity index (χ0) is 20.1. The number of ether oxygens (including phenoxy) is 1. The first-order valence-corrected chi connectivity index (χ1v) is 9.46. The SMILES string of the molecule is CC(C)N1C(=O)NC(N[C@@H](C)c2ccc(OCc3ccccc3)cc2)=CC1O. The molecule has 0 radical (unpaired) electrons. The number of urea groups is 1. The highest BCUT2D eigenvalue weighted by atomic mass is 16.5. The number of carbonyl (C=O) groups is 1. The van der Waals surface area contributed by atoms with Gasteiger partial charge in [-0.3, -0.25) is 10.2 Å². The highest BCUT2D eigenvalue weighted by molar-refractivity contribution is 5.78. The molecule has 2 aromatic carbocycles. The van der Waals surface area contributed by atoms with Crippen molar-refractivity contribution in [3.05, 3.63) is 77.6 Å². The molecule has 2 atom stereocenters. The second-order valence-electron chi connectivity index (χ2n) is 7.13. The van der Waals surface area contributed by atoms with Gasteiger partial charge in [0.15, 0.2) is 6.23 Å². The molecular formula is C22H27N3O3. The molecule has 0 saturated carbocycles. The summed E-state index contributed by atoms with van der Waals surface area (Å²) in [5.74, 6) is 1.30. The standard InChI is InChI=1S/C22H27N3O3/c1-15(2)25-21(26)13-20(24-22(25)27)23-16(3)18-9-11-19(12-10-18)28-14-17-7-5-4-6-8-17/h4-13,15-16,21,23,26H,14H2,1-3H3,(H,24,27)/t16-,21?/m0/s1. The Labute approximate surface area is 165 Å².